The monoisotopic (exact) mass is 972 g/mol. The number of fused-ring (bicyclic) bond motifs is 14. The van der Waals surface area contributed by atoms with Gasteiger partial charge in [0, 0.05) is 61.2 Å². The van der Waals surface area contributed by atoms with Gasteiger partial charge in [-0.2, -0.15) is 0 Å². The summed E-state index contributed by atoms with van der Waals surface area (Å²) in [7, 11) is 1.43. The Morgan fingerprint density at radius 2 is 1.47 bits per heavy atom. The summed E-state index contributed by atoms with van der Waals surface area (Å²) >= 11 is 0. The lowest BCUT2D eigenvalue weighted by molar-refractivity contribution is -0.160. The molecule has 1 amide bonds. The van der Waals surface area contributed by atoms with E-state index in [9.17, 15) is 39.9 Å². The van der Waals surface area contributed by atoms with Crippen LogP contribution in [-0.2, 0) is 28.6 Å². The number of ketones is 1. The van der Waals surface area contributed by atoms with Crippen LogP contribution < -0.4 is 14.8 Å². The maximum Gasteiger partial charge on any atom is 0.312 e. The van der Waals surface area contributed by atoms with Gasteiger partial charge in [-0.3, -0.25) is 14.4 Å². The van der Waals surface area contributed by atoms with Crippen molar-refractivity contribution in [2.45, 2.75) is 137 Å². The number of methoxy groups -OCH3 is 1. The Morgan fingerprint density at radius 3 is 2.11 bits per heavy atom. The van der Waals surface area contributed by atoms with Crippen LogP contribution in [0, 0.1) is 30.6 Å². The summed E-state index contributed by atoms with van der Waals surface area (Å²) in [4.78, 5) is 46.3. The van der Waals surface area contributed by atoms with E-state index in [-0.39, 0.29) is 51.1 Å². The van der Waals surface area contributed by atoms with Crippen LogP contribution in [0.25, 0.3) is 10.8 Å². The number of anilines is 1. The number of aliphatic hydroxyl groups is 2. The van der Waals surface area contributed by atoms with E-state index < -0.39 is 88.8 Å². The molecule has 0 fully saturated rings. The van der Waals surface area contributed by atoms with Gasteiger partial charge in [-0.05, 0) is 51.3 Å². The zero-order valence-corrected chi connectivity index (χ0v) is 41.9. The SMILES string of the molecule is CO[C@H]1C=CO[C@@]2(C)Oc3c(C)c(O)c4c(O)c(c(/C=N/OCCCCCCCCCCOc5ccccc5)c(O)c4c3C2=O)NC(=O)/C(C)=C\C=C/[C@H](C)[C@H](O)[C@@H](C)[C@@H](O)[C@@H](C)[C@H](OC(C)=O)[C@@H]1C. The zero-order chi connectivity index (χ0) is 51.3. The first-order valence-electron chi connectivity index (χ1n) is 24.3. The molecule has 382 valence electrons. The lowest BCUT2D eigenvalue weighted by Crippen LogP contribution is -2.46. The molecule has 0 saturated heterocycles. The van der Waals surface area contributed by atoms with Crippen LogP contribution in [0.2, 0.25) is 0 Å². The van der Waals surface area contributed by atoms with Gasteiger partial charge >= 0.3 is 11.8 Å². The highest BCUT2D eigenvalue weighted by atomic mass is 16.7. The second-order valence-corrected chi connectivity index (χ2v) is 18.7. The smallest absolute Gasteiger partial charge is 0.312 e. The molecule has 0 saturated carbocycles. The van der Waals surface area contributed by atoms with Gasteiger partial charge in [-0.25, -0.2) is 0 Å². The summed E-state index contributed by atoms with van der Waals surface area (Å²) in [5.41, 5.74) is -0.575. The fourth-order valence-corrected chi connectivity index (χ4v) is 9.05. The summed E-state index contributed by atoms with van der Waals surface area (Å²) < 4.78 is 29.4. The van der Waals surface area contributed by atoms with Crippen LogP contribution in [0.3, 0.4) is 0 Å². The van der Waals surface area contributed by atoms with Crippen LogP contribution >= 0.6 is 0 Å². The molecule has 5 bridgehead atoms. The molecular formula is C54H72N2O14. The fraction of sp³-hybridized carbons (Fsp3) is 0.519. The van der Waals surface area contributed by atoms with Crippen LogP contribution in [0.1, 0.15) is 121 Å². The maximum atomic E-state index is 14.5. The van der Waals surface area contributed by atoms with Crippen molar-refractivity contribution in [1.29, 1.82) is 0 Å². The number of benzene rings is 3. The van der Waals surface area contributed by atoms with Gasteiger partial charge < -0.3 is 59.4 Å². The fourth-order valence-electron chi connectivity index (χ4n) is 9.05. The first-order chi connectivity index (χ1) is 33.3. The Labute approximate surface area is 410 Å². The quantitative estimate of drug-likeness (QED) is 0.0196. The largest absolute Gasteiger partial charge is 0.507 e. The number of amides is 1. The highest BCUT2D eigenvalue weighted by Crippen LogP contribution is 2.55. The topological polar surface area (TPSA) is 232 Å². The van der Waals surface area contributed by atoms with Gasteiger partial charge in [0.05, 0.1) is 59.6 Å². The number of Topliss-reactive ketones (excluding diaryl/α,β-unsaturated/α-hetero) is 1. The minimum Gasteiger partial charge on any atom is -0.507 e. The number of rotatable bonds is 16. The van der Waals surface area contributed by atoms with Crippen molar-refractivity contribution in [2.75, 3.05) is 25.6 Å². The lowest BCUT2D eigenvalue weighted by atomic mass is 9.78. The van der Waals surface area contributed by atoms with E-state index >= 15 is 0 Å². The van der Waals surface area contributed by atoms with Crippen LogP contribution in [0.4, 0.5) is 5.69 Å². The van der Waals surface area contributed by atoms with Crippen molar-refractivity contribution < 1.29 is 68.4 Å². The third kappa shape index (κ3) is 13.0. The number of esters is 1. The molecule has 0 spiro atoms. The standard InChI is InChI=1S/C54H72N2O14/c1-31-22-21-23-32(2)53(64)56-44-39(30-55-68-28-20-15-13-11-10-12-14-19-27-66-38-24-17-16-18-25-38)48(61)41-42(49(44)62)47(60)36(6)51-43(41)52(63)54(8,70-51)67-29-26-40(65-9)33(3)50(69-37(7)57)35(5)46(59)34(4)45(31)58/h16-18,21-26,29-31,33-35,40,45-46,50,58-62H,10-15,19-20,27-28H2,1-9H3,(H,56,64)/b22-21-,29-26?,32-23-,55-30+/t31-,33+,34+,35+,40-,45-,46+,50+,54-/m0/s1. The summed E-state index contributed by atoms with van der Waals surface area (Å²) in [6.45, 7) is 13.4. The van der Waals surface area contributed by atoms with Crippen molar-refractivity contribution in [3.8, 4) is 28.7 Å². The Hall–Kier alpha value is -6.10. The molecule has 0 unspecified atom stereocenters. The number of hydrogen-bond acceptors (Lipinski definition) is 15. The number of oxime groups is 1. The number of nitrogens with one attached hydrogen (secondary N) is 1. The molecule has 6 rings (SSSR count). The minimum atomic E-state index is -2.07. The minimum absolute atomic E-state index is 0.0368. The van der Waals surface area contributed by atoms with Crippen molar-refractivity contribution >= 4 is 40.3 Å². The zero-order valence-electron chi connectivity index (χ0n) is 41.9. The molecule has 3 aromatic carbocycles. The summed E-state index contributed by atoms with van der Waals surface area (Å²) in [6, 6.07) is 9.78. The van der Waals surface area contributed by atoms with E-state index in [0.29, 0.717) is 13.0 Å². The number of phenolic OH excluding ortho intramolecular Hbond substituents is 3. The van der Waals surface area contributed by atoms with E-state index in [0.717, 1.165) is 56.9 Å². The number of nitrogens with zero attached hydrogens (tertiary/aromatic N) is 1. The predicted octanol–water partition coefficient (Wildman–Crippen LogP) is 9.30. The Balaban J connectivity index is 1.43. The highest BCUT2D eigenvalue weighted by Gasteiger charge is 2.50. The molecule has 0 aromatic heterocycles. The normalized spacial score (nSPS) is 26.6. The molecule has 0 radical (unpaired) electrons. The molecule has 3 heterocycles. The second kappa shape index (κ2) is 25.1. The molecule has 3 aromatic rings. The average molecular weight is 973 g/mol. The van der Waals surface area contributed by atoms with Gasteiger partial charge in [0.25, 0.3) is 11.7 Å². The molecule has 3 aliphatic heterocycles. The summed E-state index contributed by atoms with van der Waals surface area (Å²) in [6.07, 6.45) is 12.6. The number of allylic oxidation sites excluding steroid dienone is 2. The number of aliphatic hydroxyl groups excluding tert-OH is 2. The molecule has 9 atom stereocenters. The van der Waals surface area contributed by atoms with Gasteiger partial charge in [-0.15, -0.1) is 0 Å². The van der Waals surface area contributed by atoms with Crippen LogP contribution in [0.5, 0.6) is 28.7 Å². The molecular weight excluding hydrogens is 901 g/mol. The van der Waals surface area contributed by atoms with Gasteiger partial charge in [0.2, 0.25) is 0 Å². The highest BCUT2D eigenvalue weighted by molar-refractivity contribution is 6.23. The maximum absolute atomic E-state index is 14.5. The van der Waals surface area contributed by atoms with E-state index in [1.807, 2.05) is 30.3 Å². The van der Waals surface area contributed by atoms with Gasteiger partial charge in [0.1, 0.15) is 35.7 Å². The van der Waals surface area contributed by atoms with Crippen molar-refractivity contribution in [2.24, 2.45) is 28.8 Å². The Kier molecular flexibility index (Phi) is 19.7. The van der Waals surface area contributed by atoms with E-state index in [1.165, 1.54) is 53.2 Å². The predicted molar refractivity (Wildman–Crippen MR) is 266 cm³/mol. The number of unbranched alkanes of at least 4 members (excludes halogenated alkanes) is 7. The molecule has 6 N–H and O–H groups in total. The van der Waals surface area contributed by atoms with Crippen LogP contribution in [-0.4, -0.2) is 99.9 Å². The van der Waals surface area contributed by atoms with E-state index in [2.05, 4.69) is 10.5 Å². The summed E-state index contributed by atoms with van der Waals surface area (Å²) in [5, 5.41) is 64.8. The lowest BCUT2D eigenvalue weighted by Gasteiger charge is -2.38. The third-order valence-corrected chi connectivity index (χ3v) is 13.4. The number of para-hydroxylation sites is 1. The van der Waals surface area contributed by atoms with E-state index in [4.69, 9.17) is 28.5 Å². The molecule has 16 nitrogen and oxygen atoms in total. The van der Waals surface area contributed by atoms with Crippen LogP contribution in [0.15, 0.2) is 71.6 Å². The van der Waals surface area contributed by atoms with Crippen molar-refractivity contribution in [3.63, 3.8) is 0 Å². The van der Waals surface area contributed by atoms with Gasteiger partial charge in [-0.1, -0.05) is 101 Å². The number of ether oxygens (including phenoxy) is 5. The number of carbonyl (C=O) groups is 3. The van der Waals surface area contributed by atoms with Crippen molar-refractivity contribution in [3.05, 3.63) is 83.2 Å². The average Bonchev–Trinajstić information content (AvgIpc) is 3.60. The summed E-state index contributed by atoms with van der Waals surface area (Å²) in [5.74, 6) is -7.75. The van der Waals surface area contributed by atoms with Gasteiger partial charge in [0.15, 0.2) is 5.75 Å². The number of phenols is 3. The first-order valence-corrected chi connectivity index (χ1v) is 24.3. The number of hydrogen-bond donors (Lipinski definition) is 6. The Morgan fingerprint density at radius 1 is 0.829 bits per heavy atom. The number of aromatic hydroxyl groups is 3. The second-order valence-electron chi connectivity index (χ2n) is 18.7. The molecule has 0 aliphatic carbocycles. The van der Waals surface area contributed by atoms with Crippen molar-refractivity contribution in [1.82, 2.24) is 0 Å². The Bertz CT molecular complexity index is 2410. The first kappa shape index (κ1) is 54.8. The van der Waals surface area contributed by atoms with E-state index in [1.54, 1.807) is 39.8 Å². The third-order valence-electron chi connectivity index (χ3n) is 13.4. The molecule has 3 aliphatic rings. The number of carbonyl (C=O) groups excluding carboxylic acids is 3. The molecule has 16 heteroatoms. The molecule has 70 heavy (non-hydrogen) atoms.